The van der Waals surface area contributed by atoms with Gasteiger partial charge in [-0.1, -0.05) is 23.7 Å². The quantitative estimate of drug-likeness (QED) is 0.332. The van der Waals surface area contributed by atoms with E-state index in [1.54, 1.807) is 18.2 Å². The minimum absolute atomic E-state index is 0.0369. The molecule has 3 N–H and O–H groups in total. The fourth-order valence-corrected chi connectivity index (χ4v) is 3.57. The highest BCUT2D eigenvalue weighted by molar-refractivity contribution is 6.35. The SMILES string of the molecule is N#Cc1cnc2c(Cl)cc(NC(c3ccc(F)cc3)c3cn[nH]n3)cc2c1NCC(F)(F)F. The standard InChI is InChI=1S/C21H14ClF4N7/c22-16-6-14(31-19(17-9-30-33-32-17)11-1-3-13(23)4-2-11)5-15-18(29-10-21(24,25)26)12(7-27)8-28-20(15)16/h1-6,8-9,19,31H,10H2,(H,28,29)(H,30,32,33). The van der Waals surface area contributed by atoms with Gasteiger partial charge in [-0.2, -0.15) is 33.8 Å². The number of pyridine rings is 1. The summed E-state index contributed by atoms with van der Waals surface area (Å²) in [5, 5.41) is 25.6. The van der Waals surface area contributed by atoms with E-state index in [0.29, 0.717) is 16.9 Å². The molecule has 7 nitrogen and oxygen atoms in total. The summed E-state index contributed by atoms with van der Waals surface area (Å²) in [6, 6.07) is 10.1. The molecule has 0 saturated heterocycles. The first kappa shape index (κ1) is 22.3. The lowest BCUT2D eigenvalue weighted by molar-refractivity contribution is -0.115. The second kappa shape index (κ2) is 8.91. The number of anilines is 2. The number of rotatable bonds is 6. The Morgan fingerprint density at radius 2 is 1.91 bits per heavy atom. The van der Waals surface area contributed by atoms with Gasteiger partial charge in [-0.05, 0) is 29.8 Å². The van der Waals surface area contributed by atoms with Crippen molar-refractivity contribution in [3.05, 3.63) is 76.5 Å². The summed E-state index contributed by atoms with van der Waals surface area (Å²) >= 11 is 6.38. The van der Waals surface area contributed by atoms with Crippen molar-refractivity contribution in [3.8, 4) is 6.07 Å². The van der Waals surface area contributed by atoms with Crippen LogP contribution < -0.4 is 10.6 Å². The molecule has 0 saturated carbocycles. The van der Waals surface area contributed by atoms with Crippen molar-refractivity contribution in [2.45, 2.75) is 12.2 Å². The summed E-state index contributed by atoms with van der Waals surface area (Å²) < 4.78 is 51.9. The second-order valence-corrected chi connectivity index (χ2v) is 7.41. The molecule has 4 aromatic rings. The number of halogens is 5. The Morgan fingerprint density at radius 3 is 2.55 bits per heavy atom. The third-order valence-electron chi connectivity index (χ3n) is 4.75. The first-order chi connectivity index (χ1) is 15.7. The molecule has 1 unspecified atom stereocenters. The van der Waals surface area contributed by atoms with Crippen LogP contribution in [0.3, 0.4) is 0 Å². The minimum atomic E-state index is -4.50. The molecule has 2 heterocycles. The summed E-state index contributed by atoms with van der Waals surface area (Å²) in [6.45, 7) is -1.34. The molecule has 33 heavy (non-hydrogen) atoms. The van der Waals surface area contributed by atoms with E-state index in [9.17, 15) is 22.8 Å². The summed E-state index contributed by atoms with van der Waals surface area (Å²) in [5.74, 6) is -0.415. The van der Waals surface area contributed by atoms with Gasteiger partial charge in [0.1, 0.15) is 24.1 Å². The second-order valence-electron chi connectivity index (χ2n) is 7.01. The molecule has 0 aliphatic carbocycles. The van der Waals surface area contributed by atoms with E-state index in [0.717, 1.165) is 6.20 Å². The average Bonchev–Trinajstić information content (AvgIpc) is 3.30. The maximum Gasteiger partial charge on any atom is 0.405 e. The molecular formula is C21H14ClF4N7. The Labute approximate surface area is 189 Å². The number of H-pyrrole nitrogens is 1. The first-order valence-electron chi connectivity index (χ1n) is 9.46. The van der Waals surface area contributed by atoms with Gasteiger partial charge in [0, 0.05) is 17.3 Å². The van der Waals surface area contributed by atoms with E-state index in [-0.39, 0.29) is 27.2 Å². The lowest BCUT2D eigenvalue weighted by Gasteiger charge is -2.20. The van der Waals surface area contributed by atoms with Gasteiger partial charge in [0.15, 0.2) is 0 Å². The van der Waals surface area contributed by atoms with Crippen LogP contribution in [-0.2, 0) is 0 Å². The fraction of sp³-hybridized carbons (Fsp3) is 0.143. The predicted molar refractivity (Wildman–Crippen MR) is 114 cm³/mol. The Balaban J connectivity index is 1.79. The number of hydrogen-bond donors (Lipinski definition) is 3. The van der Waals surface area contributed by atoms with Crippen LogP contribution in [0, 0.1) is 17.1 Å². The molecule has 4 rings (SSSR count). The lowest BCUT2D eigenvalue weighted by atomic mass is 10.0. The van der Waals surface area contributed by atoms with Crippen molar-refractivity contribution in [2.75, 3.05) is 17.2 Å². The van der Waals surface area contributed by atoms with Crippen LogP contribution >= 0.6 is 11.6 Å². The zero-order valence-electron chi connectivity index (χ0n) is 16.6. The number of fused-ring (bicyclic) bond motifs is 1. The van der Waals surface area contributed by atoms with Crippen LogP contribution in [0.4, 0.5) is 28.9 Å². The highest BCUT2D eigenvalue weighted by Crippen LogP contribution is 2.35. The van der Waals surface area contributed by atoms with Gasteiger partial charge in [0.2, 0.25) is 0 Å². The van der Waals surface area contributed by atoms with E-state index < -0.39 is 24.6 Å². The largest absolute Gasteiger partial charge is 0.405 e. The number of nitrogens with one attached hydrogen (secondary N) is 3. The number of nitriles is 1. The molecule has 0 spiro atoms. The molecule has 12 heteroatoms. The molecular weight excluding hydrogens is 462 g/mol. The molecule has 0 fully saturated rings. The van der Waals surface area contributed by atoms with E-state index in [2.05, 4.69) is 31.0 Å². The highest BCUT2D eigenvalue weighted by atomic mass is 35.5. The number of aromatic nitrogens is 4. The molecule has 2 aromatic carbocycles. The summed E-state index contributed by atoms with van der Waals surface area (Å²) in [7, 11) is 0. The molecule has 168 valence electrons. The van der Waals surface area contributed by atoms with Gasteiger partial charge in [-0.15, -0.1) is 0 Å². The first-order valence-corrected chi connectivity index (χ1v) is 9.83. The number of aromatic amines is 1. The molecule has 0 aliphatic heterocycles. The molecule has 0 aliphatic rings. The maximum absolute atomic E-state index is 13.4. The van der Waals surface area contributed by atoms with Crippen molar-refractivity contribution >= 4 is 33.9 Å². The van der Waals surface area contributed by atoms with Crippen molar-refractivity contribution in [3.63, 3.8) is 0 Å². The normalized spacial score (nSPS) is 12.4. The van der Waals surface area contributed by atoms with Crippen LogP contribution in [0.1, 0.15) is 22.9 Å². The topological polar surface area (TPSA) is 102 Å². The minimum Gasteiger partial charge on any atom is -0.375 e. The van der Waals surface area contributed by atoms with Crippen molar-refractivity contribution in [1.29, 1.82) is 5.26 Å². The van der Waals surface area contributed by atoms with Gasteiger partial charge in [-0.25, -0.2) is 4.39 Å². The van der Waals surface area contributed by atoms with E-state index in [1.807, 2.05) is 6.07 Å². The Morgan fingerprint density at radius 1 is 1.15 bits per heavy atom. The van der Waals surface area contributed by atoms with Crippen molar-refractivity contribution in [2.24, 2.45) is 0 Å². The van der Waals surface area contributed by atoms with Crippen LogP contribution in [0.25, 0.3) is 10.9 Å². The van der Waals surface area contributed by atoms with Crippen LogP contribution in [0.5, 0.6) is 0 Å². The van der Waals surface area contributed by atoms with Crippen LogP contribution in [0.15, 0.2) is 48.8 Å². The smallest absolute Gasteiger partial charge is 0.375 e. The zero-order chi connectivity index (χ0) is 23.6. The molecule has 0 radical (unpaired) electrons. The number of nitrogens with zero attached hydrogens (tertiary/aromatic N) is 4. The van der Waals surface area contributed by atoms with Gasteiger partial charge in [-0.3, -0.25) is 4.98 Å². The Bertz CT molecular complexity index is 1320. The molecule has 2 aromatic heterocycles. The number of alkyl halides is 3. The van der Waals surface area contributed by atoms with Crippen molar-refractivity contribution < 1.29 is 17.6 Å². The number of hydrogen-bond acceptors (Lipinski definition) is 6. The van der Waals surface area contributed by atoms with E-state index in [4.69, 9.17) is 11.6 Å². The summed E-state index contributed by atoms with van der Waals surface area (Å²) in [5.41, 5.74) is 1.68. The maximum atomic E-state index is 13.4. The summed E-state index contributed by atoms with van der Waals surface area (Å²) in [6.07, 6.45) is -1.85. The molecule has 1 atom stereocenters. The third kappa shape index (κ3) is 4.96. The van der Waals surface area contributed by atoms with Gasteiger partial charge >= 0.3 is 6.18 Å². The molecule has 0 bridgehead atoms. The monoisotopic (exact) mass is 475 g/mol. The highest BCUT2D eigenvalue weighted by Gasteiger charge is 2.28. The fourth-order valence-electron chi connectivity index (χ4n) is 3.31. The average molecular weight is 476 g/mol. The van der Waals surface area contributed by atoms with Crippen LogP contribution in [0.2, 0.25) is 5.02 Å². The summed E-state index contributed by atoms with van der Waals surface area (Å²) in [4.78, 5) is 4.12. The van der Waals surface area contributed by atoms with E-state index >= 15 is 0 Å². The predicted octanol–water partition coefficient (Wildman–Crippen LogP) is 5.19. The number of benzene rings is 2. The zero-order valence-corrected chi connectivity index (χ0v) is 17.3. The molecule has 0 amide bonds. The van der Waals surface area contributed by atoms with Crippen molar-refractivity contribution in [1.82, 2.24) is 20.4 Å². The van der Waals surface area contributed by atoms with Gasteiger partial charge in [0.05, 0.1) is 34.0 Å². The third-order valence-corrected chi connectivity index (χ3v) is 5.04. The van der Waals surface area contributed by atoms with Crippen LogP contribution in [-0.4, -0.2) is 33.1 Å². The lowest BCUT2D eigenvalue weighted by Crippen LogP contribution is -2.22. The van der Waals surface area contributed by atoms with E-state index in [1.165, 1.54) is 24.4 Å². The van der Waals surface area contributed by atoms with Gasteiger partial charge in [0.25, 0.3) is 0 Å². The Hall–Kier alpha value is -3.91. The Kier molecular flexibility index (Phi) is 6.02. The van der Waals surface area contributed by atoms with Gasteiger partial charge < -0.3 is 10.6 Å².